The summed E-state index contributed by atoms with van der Waals surface area (Å²) in [6.07, 6.45) is 0. The van der Waals surface area contributed by atoms with Crippen molar-refractivity contribution in [3.8, 4) is 0 Å². The Kier molecular flexibility index (Phi) is 5.80. The van der Waals surface area contributed by atoms with Crippen molar-refractivity contribution in [1.29, 1.82) is 0 Å². The van der Waals surface area contributed by atoms with Crippen LogP contribution in [0.15, 0.2) is 21.6 Å². The highest BCUT2D eigenvalue weighted by molar-refractivity contribution is 7.89. The number of ether oxygens (including phenoxy) is 1. The second-order valence-electron chi connectivity index (χ2n) is 4.17. The molecule has 1 aromatic heterocycles. The maximum Gasteiger partial charge on any atom is 0.274 e. The summed E-state index contributed by atoms with van der Waals surface area (Å²) < 4.78 is 36.2. The second kappa shape index (κ2) is 6.89. The largest absolute Gasteiger partial charge is 0.447 e. The van der Waals surface area contributed by atoms with Crippen molar-refractivity contribution >= 4 is 10.0 Å². The van der Waals surface area contributed by atoms with E-state index in [9.17, 15) is 8.42 Å². The van der Waals surface area contributed by atoms with E-state index in [2.05, 4.69) is 10.0 Å². The lowest BCUT2D eigenvalue weighted by Gasteiger charge is -2.06. The first kappa shape index (κ1) is 15.2. The summed E-state index contributed by atoms with van der Waals surface area (Å²) >= 11 is 0. The third-order valence-electron chi connectivity index (χ3n) is 2.07. The van der Waals surface area contributed by atoms with Gasteiger partial charge < -0.3 is 14.5 Å². The molecule has 1 rings (SSSR count). The molecular formula is C11H20N2O4S. The van der Waals surface area contributed by atoms with Gasteiger partial charge in [0.2, 0.25) is 5.09 Å². The fourth-order valence-electron chi connectivity index (χ4n) is 1.35. The van der Waals surface area contributed by atoms with Gasteiger partial charge >= 0.3 is 0 Å². The van der Waals surface area contributed by atoms with Gasteiger partial charge in [-0.05, 0) is 26.0 Å². The standard InChI is InChI=1S/C11H20N2O4S/c1-9(2)13-18(14,15)11-5-4-10(17-11)8-12-6-7-16-3/h4-5,9,12-13H,6-8H2,1-3H3. The van der Waals surface area contributed by atoms with E-state index in [1.54, 1.807) is 27.0 Å². The van der Waals surface area contributed by atoms with Gasteiger partial charge in [-0.2, -0.15) is 0 Å². The average Bonchev–Trinajstić information content (AvgIpc) is 2.72. The van der Waals surface area contributed by atoms with Gasteiger partial charge in [0, 0.05) is 19.7 Å². The summed E-state index contributed by atoms with van der Waals surface area (Å²) in [5, 5.41) is 3.02. The number of hydrogen-bond donors (Lipinski definition) is 2. The topological polar surface area (TPSA) is 80.6 Å². The van der Waals surface area contributed by atoms with Crippen LogP contribution in [-0.4, -0.2) is 34.7 Å². The van der Waals surface area contributed by atoms with Crippen LogP contribution in [0.1, 0.15) is 19.6 Å². The molecule has 0 aliphatic heterocycles. The molecule has 1 aromatic rings. The van der Waals surface area contributed by atoms with Crippen LogP contribution in [0.2, 0.25) is 0 Å². The van der Waals surface area contributed by atoms with Crippen LogP contribution in [0.5, 0.6) is 0 Å². The van der Waals surface area contributed by atoms with Crippen molar-refractivity contribution in [3.05, 3.63) is 17.9 Å². The zero-order valence-corrected chi connectivity index (χ0v) is 11.7. The fourth-order valence-corrected chi connectivity index (χ4v) is 2.55. The third-order valence-corrected chi connectivity index (χ3v) is 3.61. The summed E-state index contributed by atoms with van der Waals surface area (Å²) in [4.78, 5) is 0. The van der Waals surface area contributed by atoms with Gasteiger partial charge in [0.05, 0.1) is 13.2 Å². The summed E-state index contributed by atoms with van der Waals surface area (Å²) in [5.41, 5.74) is 0. The van der Waals surface area contributed by atoms with E-state index in [4.69, 9.17) is 9.15 Å². The Morgan fingerprint density at radius 3 is 2.72 bits per heavy atom. The Morgan fingerprint density at radius 1 is 1.39 bits per heavy atom. The van der Waals surface area contributed by atoms with Gasteiger partial charge in [-0.15, -0.1) is 0 Å². The van der Waals surface area contributed by atoms with E-state index >= 15 is 0 Å². The zero-order valence-electron chi connectivity index (χ0n) is 10.9. The lowest BCUT2D eigenvalue weighted by Crippen LogP contribution is -2.29. The van der Waals surface area contributed by atoms with E-state index in [0.717, 1.165) is 0 Å². The van der Waals surface area contributed by atoms with E-state index in [-0.39, 0.29) is 11.1 Å². The van der Waals surface area contributed by atoms with Gasteiger partial charge in [-0.3, -0.25) is 0 Å². The molecule has 0 bridgehead atoms. The number of sulfonamides is 1. The molecule has 7 heteroatoms. The van der Waals surface area contributed by atoms with E-state index < -0.39 is 10.0 Å². The molecule has 0 unspecified atom stereocenters. The van der Waals surface area contributed by atoms with Gasteiger partial charge in [-0.25, -0.2) is 13.1 Å². The van der Waals surface area contributed by atoms with Gasteiger partial charge in [0.25, 0.3) is 10.0 Å². The molecule has 6 nitrogen and oxygen atoms in total. The van der Waals surface area contributed by atoms with Crippen molar-refractivity contribution in [2.45, 2.75) is 31.5 Å². The molecule has 1 heterocycles. The number of furan rings is 1. The molecule has 0 spiro atoms. The third kappa shape index (κ3) is 4.77. The van der Waals surface area contributed by atoms with Crippen LogP contribution in [-0.2, 0) is 21.3 Å². The normalized spacial score (nSPS) is 12.2. The van der Waals surface area contributed by atoms with E-state index in [1.807, 2.05) is 0 Å². The molecule has 0 atom stereocenters. The molecule has 104 valence electrons. The van der Waals surface area contributed by atoms with Crippen LogP contribution < -0.4 is 10.0 Å². The van der Waals surface area contributed by atoms with Crippen molar-refractivity contribution < 1.29 is 17.6 Å². The Morgan fingerprint density at radius 2 is 2.11 bits per heavy atom. The van der Waals surface area contributed by atoms with Crippen LogP contribution in [0.4, 0.5) is 0 Å². The van der Waals surface area contributed by atoms with Gasteiger partial charge in [-0.1, -0.05) is 0 Å². The van der Waals surface area contributed by atoms with Crippen molar-refractivity contribution in [2.24, 2.45) is 0 Å². The van der Waals surface area contributed by atoms with Crippen molar-refractivity contribution in [1.82, 2.24) is 10.0 Å². The number of rotatable bonds is 8. The number of hydrogen-bond acceptors (Lipinski definition) is 5. The van der Waals surface area contributed by atoms with E-state index in [0.29, 0.717) is 25.5 Å². The molecule has 0 aliphatic rings. The van der Waals surface area contributed by atoms with Crippen LogP contribution in [0, 0.1) is 0 Å². The fraction of sp³-hybridized carbons (Fsp3) is 0.636. The lowest BCUT2D eigenvalue weighted by molar-refractivity contribution is 0.198. The molecule has 0 aromatic carbocycles. The predicted molar refractivity (Wildman–Crippen MR) is 67.7 cm³/mol. The molecule has 2 N–H and O–H groups in total. The van der Waals surface area contributed by atoms with Crippen molar-refractivity contribution in [2.75, 3.05) is 20.3 Å². The Balaban J connectivity index is 2.57. The first-order valence-electron chi connectivity index (χ1n) is 5.76. The monoisotopic (exact) mass is 276 g/mol. The van der Waals surface area contributed by atoms with Gasteiger partial charge in [0.15, 0.2) is 0 Å². The smallest absolute Gasteiger partial charge is 0.274 e. The zero-order chi connectivity index (χ0) is 13.6. The molecular weight excluding hydrogens is 256 g/mol. The van der Waals surface area contributed by atoms with Gasteiger partial charge in [0.1, 0.15) is 5.76 Å². The SMILES string of the molecule is COCCNCc1ccc(S(=O)(=O)NC(C)C)o1. The summed E-state index contributed by atoms with van der Waals surface area (Å²) in [5.74, 6) is 0.579. The summed E-state index contributed by atoms with van der Waals surface area (Å²) in [7, 11) is -1.92. The molecule has 0 saturated heterocycles. The highest BCUT2D eigenvalue weighted by Crippen LogP contribution is 2.13. The van der Waals surface area contributed by atoms with Crippen LogP contribution in [0.25, 0.3) is 0 Å². The second-order valence-corrected chi connectivity index (χ2v) is 5.81. The molecule has 0 radical (unpaired) electrons. The molecule has 0 aliphatic carbocycles. The maximum absolute atomic E-state index is 11.8. The molecule has 18 heavy (non-hydrogen) atoms. The number of methoxy groups -OCH3 is 1. The minimum Gasteiger partial charge on any atom is -0.447 e. The quantitative estimate of drug-likeness (QED) is 0.683. The molecule has 0 saturated carbocycles. The summed E-state index contributed by atoms with van der Waals surface area (Å²) in [6, 6.07) is 2.94. The minimum atomic E-state index is -3.54. The Bertz CT molecular complexity index is 453. The molecule has 0 amide bonds. The molecule has 0 fully saturated rings. The maximum atomic E-state index is 11.8. The number of nitrogens with one attached hydrogen (secondary N) is 2. The average molecular weight is 276 g/mol. The Hall–Kier alpha value is -0.890. The van der Waals surface area contributed by atoms with E-state index in [1.165, 1.54) is 6.07 Å². The Labute approximate surface area is 108 Å². The summed E-state index contributed by atoms with van der Waals surface area (Å²) in [6.45, 7) is 5.27. The lowest BCUT2D eigenvalue weighted by atomic mass is 10.4. The van der Waals surface area contributed by atoms with Crippen molar-refractivity contribution in [3.63, 3.8) is 0 Å². The van der Waals surface area contributed by atoms with Crippen LogP contribution in [0.3, 0.4) is 0 Å². The first-order chi connectivity index (χ1) is 8.45. The predicted octanol–water partition coefficient (Wildman–Crippen LogP) is 0.702. The minimum absolute atomic E-state index is 0.0558. The highest BCUT2D eigenvalue weighted by atomic mass is 32.2. The van der Waals surface area contributed by atoms with Crippen LogP contribution >= 0.6 is 0 Å². The highest BCUT2D eigenvalue weighted by Gasteiger charge is 2.19. The first-order valence-corrected chi connectivity index (χ1v) is 7.24.